The highest BCUT2D eigenvalue weighted by Gasteiger charge is 2.28. The van der Waals surface area contributed by atoms with Gasteiger partial charge in [0.2, 0.25) is 18.6 Å². The normalized spacial score (nSPS) is 14.1. The smallest absolute Gasteiger partial charge is 0.231 e. The lowest BCUT2D eigenvalue weighted by Crippen LogP contribution is -2.31. The number of nitrogens with zero attached hydrogens (tertiary/aromatic N) is 3. The lowest BCUT2D eigenvalue weighted by atomic mass is 10.0. The minimum atomic E-state index is -0.484. The predicted octanol–water partition coefficient (Wildman–Crippen LogP) is 6.35. The summed E-state index contributed by atoms with van der Waals surface area (Å²) in [6.45, 7) is 4.05. The van der Waals surface area contributed by atoms with Crippen LogP contribution in [-0.2, 0) is 11.2 Å². The van der Waals surface area contributed by atoms with E-state index in [0.717, 1.165) is 66.9 Å². The highest BCUT2D eigenvalue weighted by atomic mass is 19.1. The van der Waals surface area contributed by atoms with Crippen LogP contribution in [0.5, 0.6) is 11.5 Å². The van der Waals surface area contributed by atoms with Crippen molar-refractivity contribution in [3.8, 4) is 22.6 Å². The minimum absolute atomic E-state index is 0.0255. The molecule has 1 saturated carbocycles. The molecule has 0 atom stereocenters. The van der Waals surface area contributed by atoms with Gasteiger partial charge in [-0.25, -0.2) is 4.39 Å². The minimum Gasteiger partial charge on any atom is -0.454 e. The van der Waals surface area contributed by atoms with Crippen LogP contribution >= 0.6 is 0 Å². The molecular weight excluding hydrogens is 461 g/mol. The topological polar surface area (TPSA) is 77.7 Å². The standard InChI is InChI=1S/C28H30FN3O4/c1-19(29)9-14-27(33)32(15-4-2-3-8-26-30-28(31-36-26)20-10-11-20)23-7-5-6-21(16-23)22-12-13-24-25(17-22)35-18-34-24/h5-7,12-13,16-17,20H,1-4,8-11,14-15,18H2. The van der Waals surface area contributed by atoms with E-state index >= 15 is 0 Å². The summed E-state index contributed by atoms with van der Waals surface area (Å²) in [5.41, 5.74) is 2.71. The summed E-state index contributed by atoms with van der Waals surface area (Å²) >= 11 is 0. The van der Waals surface area contributed by atoms with Crippen molar-refractivity contribution in [1.29, 1.82) is 0 Å². The van der Waals surface area contributed by atoms with Crippen molar-refractivity contribution in [1.82, 2.24) is 10.1 Å². The summed E-state index contributed by atoms with van der Waals surface area (Å²) in [6.07, 6.45) is 5.74. The fourth-order valence-electron chi connectivity index (χ4n) is 4.30. The van der Waals surface area contributed by atoms with Crippen LogP contribution in [0.2, 0.25) is 0 Å². The molecule has 0 N–H and O–H groups in total. The van der Waals surface area contributed by atoms with E-state index in [1.54, 1.807) is 4.90 Å². The Morgan fingerprint density at radius 2 is 1.86 bits per heavy atom. The first-order valence-electron chi connectivity index (χ1n) is 12.5. The molecule has 5 rings (SSSR count). The largest absolute Gasteiger partial charge is 0.454 e. The number of fused-ring (bicyclic) bond motifs is 1. The molecule has 188 valence electrons. The average molecular weight is 492 g/mol. The van der Waals surface area contributed by atoms with Gasteiger partial charge in [0.25, 0.3) is 0 Å². The summed E-state index contributed by atoms with van der Waals surface area (Å²) in [6, 6.07) is 13.6. The van der Waals surface area contributed by atoms with Gasteiger partial charge in [-0.15, -0.1) is 0 Å². The maximum atomic E-state index is 13.3. The molecule has 36 heavy (non-hydrogen) atoms. The fraction of sp³-hybridized carbons (Fsp3) is 0.393. The Kier molecular flexibility index (Phi) is 7.30. The molecule has 2 aliphatic rings. The number of benzene rings is 2. The Labute approximate surface area is 209 Å². The van der Waals surface area contributed by atoms with E-state index in [0.29, 0.717) is 24.1 Å². The molecule has 0 unspecified atom stereocenters. The number of hydrogen-bond donors (Lipinski definition) is 0. The number of carbonyl (C=O) groups excluding carboxylic acids is 1. The second-order valence-corrected chi connectivity index (χ2v) is 9.31. The molecule has 0 bridgehead atoms. The van der Waals surface area contributed by atoms with Crippen LogP contribution in [-0.4, -0.2) is 29.4 Å². The predicted molar refractivity (Wildman–Crippen MR) is 134 cm³/mol. The number of amides is 1. The zero-order chi connectivity index (χ0) is 24.9. The van der Waals surface area contributed by atoms with E-state index in [1.807, 2.05) is 42.5 Å². The zero-order valence-corrected chi connectivity index (χ0v) is 20.2. The van der Waals surface area contributed by atoms with Crippen molar-refractivity contribution in [3.05, 3.63) is 66.6 Å². The fourth-order valence-corrected chi connectivity index (χ4v) is 4.30. The van der Waals surface area contributed by atoms with E-state index < -0.39 is 5.83 Å². The molecule has 3 aromatic rings. The Hall–Kier alpha value is -3.68. The van der Waals surface area contributed by atoms with Gasteiger partial charge in [0, 0.05) is 37.4 Å². The molecule has 1 aliphatic heterocycles. The van der Waals surface area contributed by atoms with Gasteiger partial charge in [0.15, 0.2) is 17.3 Å². The molecule has 7 nitrogen and oxygen atoms in total. The van der Waals surface area contributed by atoms with Crippen LogP contribution in [0.1, 0.15) is 62.6 Å². The van der Waals surface area contributed by atoms with Gasteiger partial charge < -0.3 is 18.9 Å². The number of carbonyl (C=O) groups is 1. The number of rotatable bonds is 12. The third-order valence-corrected chi connectivity index (χ3v) is 6.47. The second kappa shape index (κ2) is 10.9. The Morgan fingerprint density at radius 3 is 2.69 bits per heavy atom. The Morgan fingerprint density at radius 1 is 1.03 bits per heavy atom. The summed E-state index contributed by atoms with van der Waals surface area (Å²) in [5.74, 6) is 2.82. The van der Waals surface area contributed by atoms with Crippen LogP contribution < -0.4 is 14.4 Å². The average Bonchev–Trinajstić information content (AvgIpc) is 3.44. The van der Waals surface area contributed by atoms with Crippen molar-refractivity contribution in [3.63, 3.8) is 0 Å². The molecule has 1 aliphatic carbocycles. The summed E-state index contributed by atoms with van der Waals surface area (Å²) in [5, 5.41) is 4.06. The van der Waals surface area contributed by atoms with Crippen LogP contribution in [0.3, 0.4) is 0 Å². The van der Waals surface area contributed by atoms with Gasteiger partial charge in [-0.2, -0.15) is 4.98 Å². The van der Waals surface area contributed by atoms with Crippen molar-refractivity contribution >= 4 is 11.6 Å². The Bertz CT molecular complexity index is 1240. The lowest BCUT2D eigenvalue weighted by Gasteiger charge is -2.24. The van der Waals surface area contributed by atoms with Crippen LogP contribution in [0.4, 0.5) is 10.1 Å². The highest BCUT2D eigenvalue weighted by Crippen LogP contribution is 2.38. The van der Waals surface area contributed by atoms with Crippen LogP contribution in [0.15, 0.2) is 59.4 Å². The molecule has 0 radical (unpaired) electrons. The number of ether oxygens (including phenoxy) is 2. The number of unbranched alkanes of at least 4 members (excludes halogenated alkanes) is 2. The number of anilines is 1. The van der Waals surface area contributed by atoms with E-state index in [1.165, 1.54) is 0 Å². The van der Waals surface area contributed by atoms with E-state index in [4.69, 9.17) is 14.0 Å². The third kappa shape index (κ3) is 5.93. The first-order valence-corrected chi connectivity index (χ1v) is 12.5. The molecule has 1 amide bonds. The quantitative estimate of drug-likeness (QED) is 0.275. The zero-order valence-electron chi connectivity index (χ0n) is 20.2. The molecule has 2 aromatic carbocycles. The van der Waals surface area contributed by atoms with Crippen LogP contribution in [0.25, 0.3) is 11.1 Å². The first kappa shape index (κ1) is 24.0. The molecule has 1 fully saturated rings. The summed E-state index contributed by atoms with van der Waals surface area (Å²) < 4.78 is 29.6. The summed E-state index contributed by atoms with van der Waals surface area (Å²) in [4.78, 5) is 19.3. The molecule has 0 saturated heterocycles. The lowest BCUT2D eigenvalue weighted by molar-refractivity contribution is -0.118. The number of halogens is 1. The van der Waals surface area contributed by atoms with Gasteiger partial charge in [-0.1, -0.05) is 36.4 Å². The van der Waals surface area contributed by atoms with E-state index in [2.05, 4.69) is 16.7 Å². The maximum absolute atomic E-state index is 13.3. The molecule has 8 heteroatoms. The van der Waals surface area contributed by atoms with Crippen molar-refractivity contribution in [2.75, 3.05) is 18.2 Å². The van der Waals surface area contributed by atoms with Gasteiger partial charge in [0.1, 0.15) is 0 Å². The molecule has 2 heterocycles. The van der Waals surface area contributed by atoms with Gasteiger partial charge in [-0.3, -0.25) is 4.79 Å². The highest BCUT2D eigenvalue weighted by molar-refractivity contribution is 5.94. The number of aromatic nitrogens is 2. The molecule has 1 aromatic heterocycles. The van der Waals surface area contributed by atoms with Gasteiger partial charge in [-0.05, 0) is 61.1 Å². The second-order valence-electron chi connectivity index (χ2n) is 9.31. The van der Waals surface area contributed by atoms with E-state index in [-0.39, 0.29) is 25.5 Å². The van der Waals surface area contributed by atoms with Crippen molar-refractivity contribution < 1.29 is 23.2 Å². The monoisotopic (exact) mass is 491 g/mol. The van der Waals surface area contributed by atoms with Gasteiger partial charge >= 0.3 is 0 Å². The SMILES string of the molecule is C=C(F)CCC(=O)N(CCCCCc1nc(C2CC2)no1)c1cccc(-c2ccc3c(c2)OCO3)c1. The Balaban J connectivity index is 1.23. The van der Waals surface area contributed by atoms with Gasteiger partial charge in [0.05, 0.1) is 5.83 Å². The molecular formula is C28H30FN3O4. The van der Waals surface area contributed by atoms with Crippen molar-refractivity contribution in [2.24, 2.45) is 0 Å². The third-order valence-electron chi connectivity index (χ3n) is 6.47. The first-order chi connectivity index (χ1) is 17.6. The number of hydrogen-bond acceptors (Lipinski definition) is 6. The molecule has 0 spiro atoms. The van der Waals surface area contributed by atoms with Crippen molar-refractivity contribution in [2.45, 2.75) is 57.3 Å². The maximum Gasteiger partial charge on any atom is 0.231 e. The number of allylic oxidation sites excluding steroid dienone is 1. The van der Waals surface area contributed by atoms with E-state index in [9.17, 15) is 9.18 Å². The summed E-state index contributed by atoms with van der Waals surface area (Å²) in [7, 11) is 0. The number of aryl methyl sites for hydroxylation is 1. The van der Waals surface area contributed by atoms with Crippen LogP contribution in [0, 0.1) is 0 Å².